The van der Waals surface area contributed by atoms with E-state index in [9.17, 15) is 18.8 Å². The van der Waals surface area contributed by atoms with Gasteiger partial charge in [0, 0.05) is 39.3 Å². The maximum absolute atomic E-state index is 14.0. The van der Waals surface area contributed by atoms with E-state index < -0.39 is 11.5 Å². The highest BCUT2D eigenvalue weighted by Crippen LogP contribution is 2.27. The van der Waals surface area contributed by atoms with Gasteiger partial charge in [0.25, 0.3) is 11.5 Å². The third-order valence-corrected chi connectivity index (χ3v) is 6.17. The van der Waals surface area contributed by atoms with Crippen LogP contribution in [0.2, 0.25) is 0 Å². The Morgan fingerprint density at radius 2 is 2.06 bits per heavy atom. The van der Waals surface area contributed by atoms with Crippen LogP contribution in [0.4, 0.5) is 4.39 Å². The van der Waals surface area contributed by atoms with Crippen LogP contribution in [0, 0.1) is 5.82 Å². The van der Waals surface area contributed by atoms with Gasteiger partial charge in [-0.2, -0.15) is 0 Å². The van der Waals surface area contributed by atoms with Crippen molar-refractivity contribution in [3.8, 4) is 5.75 Å². The fraction of sp³-hybridized carbons (Fsp3) is 0.360. The van der Waals surface area contributed by atoms with Crippen LogP contribution in [0.15, 0.2) is 35.3 Å². The second-order valence-corrected chi connectivity index (χ2v) is 8.47. The first-order chi connectivity index (χ1) is 16.8. The van der Waals surface area contributed by atoms with Gasteiger partial charge in [0.05, 0.1) is 19.2 Å². The number of aryl methyl sites for hydroxylation is 1. The summed E-state index contributed by atoms with van der Waals surface area (Å²) < 4.78 is 20.7. The number of aromatic nitrogens is 2. The molecule has 2 aromatic heterocycles. The van der Waals surface area contributed by atoms with Crippen molar-refractivity contribution in [1.29, 1.82) is 0 Å². The molecule has 3 heterocycles. The quantitative estimate of drug-likeness (QED) is 0.503. The van der Waals surface area contributed by atoms with Gasteiger partial charge in [0.1, 0.15) is 16.9 Å². The van der Waals surface area contributed by atoms with E-state index in [1.807, 2.05) is 0 Å². The molecule has 4 rings (SSSR count). The van der Waals surface area contributed by atoms with Gasteiger partial charge in [0.15, 0.2) is 5.75 Å². The van der Waals surface area contributed by atoms with E-state index in [4.69, 9.17) is 9.84 Å². The number of benzene rings is 1. The number of aliphatic hydroxyl groups is 1. The Labute approximate surface area is 201 Å². The lowest BCUT2D eigenvalue weighted by Crippen LogP contribution is -2.34. The van der Waals surface area contributed by atoms with Gasteiger partial charge in [-0.15, -0.1) is 0 Å². The van der Waals surface area contributed by atoms with Gasteiger partial charge in [-0.3, -0.25) is 19.4 Å². The molecule has 0 radical (unpaired) electrons. The highest BCUT2D eigenvalue weighted by molar-refractivity contribution is 6.01. The number of hydrogen-bond donors (Lipinski definition) is 2. The van der Waals surface area contributed by atoms with Crippen LogP contribution >= 0.6 is 0 Å². The fourth-order valence-corrected chi connectivity index (χ4v) is 4.38. The molecule has 184 valence electrons. The van der Waals surface area contributed by atoms with E-state index in [0.29, 0.717) is 37.0 Å². The number of ether oxygens (including phenoxy) is 1. The zero-order valence-electron chi connectivity index (χ0n) is 19.6. The minimum atomic E-state index is -0.656. The van der Waals surface area contributed by atoms with Gasteiger partial charge in [-0.05, 0) is 47.7 Å². The Balaban J connectivity index is 1.72. The predicted molar refractivity (Wildman–Crippen MR) is 127 cm³/mol. The van der Waals surface area contributed by atoms with E-state index in [1.54, 1.807) is 30.3 Å². The maximum Gasteiger partial charge on any atom is 0.267 e. The van der Waals surface area contributed by atoms with Crippen molar-refractivity contribution in [3.05, 3.63) is 68.9 Å². The third kappa shape index (κ3) is 4.88. The average molecular weight is 483 g/mol. The Morgan fingerprint density at radius 3 is 2.74 bits per heavy atom. The van der Waals surface area contributed by atoms with E-state index in [0.717, 1.165) is 23.1 Å². The van der Waals surface area contributed by atoms with Crippen molar-refractivity contribution in [3.63, 3.8) is 0 Å². The number of halogens is 1. The number of aliphatic hydroxyl groups excluding tert-OH is 1. The zero-order chi connectivity index (χ0) is 25.1. The fourth-order valence-electron chi connectivity index (χ4n) is 4.38. The number of amides is 2. The topological polar surface area (TPSA) is 114 Å². The van der Waals surface area contributed by atoms with Crippen LogP contribution in [0.3, 0.4) is 0 Å². The Hall–Kier alpha value is -3.79. The summed E-state index contributed by atoms with van der Waals surface area (Å²) in [7, 11) is 2.90. The summed E-state index contributed by atoms with van der Waals surface area (Å²) in [5.41, 5.74) is 2.42. The van der Waals surface area contributed by atoms with Crippen molar-refractivity contribution in [2.75, 3.05) is 26.8 Å². The molecule has 0 bridgehead atoms. The molecule has 0 atom stereocenters. The molecule has 10 heteroatoms. The van der Waals surface area contributed by atoms with Crippen molar-refractivity contribution < 1.29 is 23.8 Å². The molecule has 3 aromatic rings. The van der Waals surface area contributed by atoms with E-state index in [1.165, 1.54) is 23.8 Å². The molecule has 0 spiro atoms. The molecule has 0 saturated carbocycles. The van der Waals surface area contributed by atoms with E-state index >= 15 is 0 Å². The van der Waals surface area contributed by atoms with Crippen LogP contribution in [0.5, 0.6) is 5.75 Å². The number of methoxy groups -OCH3 is 1. The predicted octanol–water partition coefficient (Wildman–Crippen LogP) is 1.52. The lowest BCUT2D eigenvalue weighted by atomic mass is 9.99. The average Bonchev–Trinajstić information content (AvgIpc) is 3.25. The lowest BCUT2D eigenvalue weighted by molar-refractivity contribution is -0.128. The summed E-state index contributed by atoms with van der Waals surface area (Å²) in [6.45, 7) is 0.730. The number of carbonyl (C=O) groups excluding carboxylic acids is 2. The van der Waals surface area contributed by atoms with Crippen molar-refractivity contribution in [2.24, 2.45) is 7.05 Å². The summed E-state index contributed by atoms with van der Waals surface area (Å²) in [5.74, 6) is -0.906. The minimum Gasteiger partial charge on any atom is -0.493 e. The third-order valence-electron chi connectivity index (χ3n) is 6.17. The van der Waals surface area contributed by atoms with Gasteiger partial charge < -0.3 is 24.6 Å². The molecule has 1 aliphatic rings. The number of likely N-dealkylation sites (tertiary alicyclic amines) is 1. The summed E-state index contributed by atoms with van der Waals surface area (Å²) in [6.07, 6.45) is 3.35. The Bertz CT molecular complexity index is 1350. The molecule has 2 N–H and O–H groups in total. The molecule has 1 aliphatic heterocycles. The van der Waals surface area contributed by atoms with Crippen LogP contribution < -0.4 is 15.6 Å². The molecule has 35 heavy (non-hydrogen) atoms. The molecular weight excluding hydrogens is 455 g/mol. The number of nitrogens with zero attached hydrogens (tertiary/aromatic N) is 3. The number of nitrogens with one attached hydrogen (secondary N) is 1. The summed E-state index contributed by atoms with van der Waals surface area (Å²) in [6, 6.07) is 6.32. The van der Waals surface area contributed by atoms with Crippen molar-refractivity contribution in [1.82, 2.24) is 19.8 Å². The van der Waals surface area contributed by atoms with E-state index in [2.05, 4.69) is 10.3 Å². The SMILES string of the molecule is COc1c(C(=O)NCCO)c(=O)n(C)c2cc(Cc3ccc(F)cc3CN3CCCC3=O)cnc12. The van der Waals surface area contributed by atoms with Crippen molar-refractivity contribution in [2.45, 2.75) is 25.8 Å². The molecular formula is C25H27FN4O5. The number of carbonyl (C=O) groups is 2. The standard InChI is InChI=1S/C25H27FN4O5/c1-29-19-11-15(10-16-5-6-18(26)12-17(16)14-30-8-3-4-20(30)32)13-28-22(19)23(35-2)21(25(29)34)24(33)27-7-9-31/h5-6,11-13,31H,3-4,7-10,14H2,1-2H3,(H,27,33). The highest BCUT2D eigenvalue weighted by atomic mass is 19.1. The second-order valence-electron chi connectivity index (χ2n) is 8.47. The highest BCUT2D eigenvalue weighted by Gasteiger charge is 2.24. The van der Waals surface area contributed by atoms with Gasteiger partial charge >= 0.3 is 0 Å². The van der Waals surface area contributed by atoms with Crippen LogP contribution in [-0.4, -0.2) is 58.2 Å². The molecule has 1 saturated heterocycles. The number of fused-ring (bicyclic) bond motifs is 1. The van der Waals surface area contributed by atoms with Crippen molar-refractivity contribution >= 4 is 22.8 Å². The monoisotopic (exact) mass is 482 g/mol. The van der Waals surface area contributed by atoms with Crippen LogP contribution in [-0.2, 0) is 24.8 Å². The molecule has 1 fully saturated rings. The minimum absolute atomic E-state index is 0.00141. The van der Waals surface area contributed by atoms with E-state index in [-0.39, 0.29) is 36.2 Å². The molecule has 2 amide bonds. The van der Waals surface area contributed by atoms with Gasteiger partial charge in [0.2, 0.25) is 5.91 Å². The summed E-state index contributed by atoms with van der Waals surface area (Å²) in [4.78, 5) is 43.8. The number of hydrogen-bond acceptors (Lipinski definition) is 6. The summed E-state index contributed by atoms with van der Waals surface area (Å²) in [5, 5.41) is 11.5. The zero-order valence-corrected chi connectivity index (χ0v) is 19.6. The van der Waals surface area contributed by atoms with Gasteiger partial charge in [-0.1, -0.05) is 6.07 Å². The number of rotatable bonds is 8. The molecule has 1 aromatic carbocycles. The van der Waals surface area contributed by atoms with Crippen LogP contribution in [0.1, 0.15) is 39.9 Å². The van der Waals surface area contributed by atoms with Gasteiger partial charge in [-0.25, -0.2) is 4.39 Å². The normalized spacial score (nSPS) is 13.5. The lowest BCUT2D eigenvalue weighted by Gasteiger charge is -2.19. The smallest absolute Gasteiger partial charge is 0.267 e. The molecule has 9 nitrogen and oxygen atoms in total. The van der Waals surface area contributed by atoms with Crippen LogP contribution in [0.25, 0.3) is 11.0 Å². The maximum atomic E-state index is 14.0. The second kappa shape index (κ2) is 10.2. The first-order valence-electron chi connectivity index (χ1n) is 11.3. The Morgan fingerprint density at radius 1 is 1.26 bits per heavy atom. The first kappa shape index (κ1) is 24.3. The molecule has 0 unspecified atom stereocenters. The Kier molecular flexibility index (Phi) is 7.11. The molecule has 0 aliphatic carbocycles. The largest absolute Gasteiger partial charge is 0.493 e. The summed E-state index contributed by atoms with van der Waals surface area (Å²) >= 11 is 0. The first-order valence-corrected chi connectivity index (χ1v) is 11.3. The number of pyridine rings is 2.